The molecule has 0 atom stereocenters. The predicted octanol–water partition coefficient (Wildman–Crippen LogP) is 3.50. The highest BCUT2D eigenvalue weighted by Gasteiger charge is 2.04. The van der Waals surface area contributed by atoms with Crippen molar-refractivity contribution in [2.45, 2.75) is 24.7 Å². The summed E-state index contributed by atoms with van der Waals surface area (Å²) >= 11 is 7.35. The Kier molecular flexibility index (Phi) is 4.78. The summed E-state index contributed by atoms with van der Waals surface area (Å²) in [5, 5.41) is 9.19. The molecule has 0 bridgehead atoms. The standard InChI is InChI=1S/C10H11ClN2S/c1-2-3-6-14-9-4-5-10(11)13-8(9)7-12/h4-5H,2-3,6H2,1H3. The fourth-order valence-electron chi connectivity index (χ4n) is 0.946. The van der Waals surface area contributed by atoms with Crippen LogP contribution in [0.4, 0.5) is 0 Å². The van der Waals surface area contributed by atoms with Crippen LogP contribution in [0.15, 0.2) is 17.0 Å². The molecule has 4 heteroatoms. The van der Waals surface area contributed by atoms with Gasteiger partial charge >= 0.3 is 0 Å². The number of hydrogen-bond donors (Lipinski definition) is 0. The number of halogens is 1. The molecule has 0 fully saturated rings. The van der Waals surface area contributed by atoms with Crippen LogP contribution in [0.25, 0.3) is 0 Å². The van der Waals surface area contributed by atoms with E-state index in [1.165, 1.54) is 0 Å². The second kappa shape index (κ2) is 5.90. The number of unbranched alkanes of at least 4 members (excludes halogenated alkanes) is 1. The van der Waals surface area contributed by atoms with Gasteiger partial charge in [0.1, 0.15) is 11.2 Å². The third kappa shape index (κ3) is 3.21. The average molecular weight is 227 g/mol. The minimum atomic E-state index is 0.376. The van der Waals surface area contributed by atoms with Gasteiger partial charge < -0.3 is 0 Å². The number of hydrogen-bond acceptors (Lipinski definition) is 3. The number of nitrogens with zero attached hydrogens (tertiary/aromatic N) is 2. The van der Waals surface area contributed by atoms with Gasteiger partial charge in [-0.25, -0.2) is 4.98 Å². The number of thioether (sulfide) groups is 1. The van der Waals surface area contributed by atoms with Gasteiger partial charge in [0.05, 0.1) is 0 Å². The normalized spacial score (nSPS) is 9.79. The molecule has 0 radical (unpaired) electrons. The molecule has 1 rings (SSSR count). The molecule has 0 spiro atoms. The van der Waals surface area contributed by atoms with Crippen molar-refractivity contribution >= 4 is 23.4 Å². The summed E-state index contributed by atoms with van der Waals surface area (Å²) in [6.45, 7) is 2.14. The van der Waals surface area contributed by atoms with Crippen LogP contribution in [0.1, 0.15) is 25.5 Å². The van der Waals surface area contributed by atoms with Crippen LogP contribution in [0.5, 0.6) is 0 Å². The monoisotopic (exact) mass is 226 g/mol. The van der Waals surface area contributed by atoms with E-state index in [-0.39, 0.29) is 0 Å². The largest absolute Gasteiger partial charge is 0.224 e. The van der Waals surface area contributed by atoms with E-state index in [1.807, 2.05) is 12.1 Å². The molecule has 2 nitrogen and oxygen atoms in total. The van der Waals surface area contributed by atoms with Crippen molar-refractivity contribution in [3.05, 3.63) is 23.0 Å². The van der Waals surface area contributed by atoms with Gasteiger partial charge in [0.15, 0.2) is 5.69 Å². The summed E-state index contributed by atoms with van der Waals surface area (Å²) in [5.74, 6) is 1.02. The Bertz CT molecular complexity index is 346. The van der Waals surface area contributed by atoms with Gasteiger partial charge in [0.25, 0.3) is 0 Å². The fourth-order valence-corrected chi connectivity index (χ4v) is 2.14. The quantitative estimate of drug-likeness (QED) is 0.448. The van der Waals surface area contributed by atoms with Gasteiger partial charge in [-0.05, 0) is 24.3 Å². The van der Waals surface area contributed by atoms with Gasteiger partial charge in [0, 0.05) is 4.90 Å². The van der Waals surface area contributed by atoms with Crippen LogP contribution in [-0.4, -0.2) is 10.7 Å². The second-order valence-electron chi connectivity index (χ2n) is 2.79. The number of nitriles is 1. The second-order valence-corrected chi connectivity index (χ2v) is 4.32. The summed E-state index contributed by atoms with van der Waals surface area (Å²) in [7, 11) is 0. The average Bonchev–Trinajstić information content (AvgIpc) is 2.20. The fraction of sp³-hybridized carbons (Fsp3) is 0.400. The Morgan fingerprint density at radius 2 is 2.36 bits per heavy atom. The molecule has 0 amide bonds. The van der Waals surface area contributed by atoms with E-state index in [0.717, 1.165) is 23.5 Å². The Morgan fingerprint density at radius 1 is 1.57 bits per heavy atom. The van der Waals surface area contributed by atoms with Gasteiger partial charge in [0.2, 0.25) is 0 Å². The number of pyridine rings is 1. The third-order valence-corrected chi connectivity index (χ3v) is 3.03. The first-order chi connectivity index (χ1) is 6.77. The molecule has 1 heterocycles. The van der Waals surface area contributed by atoms with Gasteiger partial charge in [-0.3, -0.25) is 0 Å². The highest BCUT2D eigenvalue weighted by Crippen LogP contribution is 2.23. The molecule has 0 aliphatic heterocycles. The lowest BCUT2D eigenvalue weighted by Gasteiger charge is -2.02. The molecule has 0 aromatic carbocycles. The summed E-state index contributed by atoms with van der Waals surface area (Å²) in [4.78, 5) is 4.88. The van der Waals surface area contributed by atoms with E-state index in [0.29, 0.717) is 10.8 Å². The molecule has 1 aromatic heterocycles. The minimum absolute atomic E-state index is 0.376. The topological polar surface area (TPSA) is 36.7 Å². The smallest absolute Gasteiger partial charge is 0.155 e. The number of rotatable bonds is 4. The van der Waals surface area contributed by atoms with Crippen molar-refractivity contribution in [3.8, 4) is 6.07 Å². The molecular weight excluding hydrogens is 216 g/mol. The van der Waals surface area contributed by atoms with Crippen molar-refractivity contribution in [1.82, 2.24) is 4.98 Å². The maximum absolute atomic E-state index is 8.81. The zero-order valence-corrected chi connectivity index (χ0v) is 9.53. The van der Waals surface area contributed by atoms with Gasteiger partial charge in [-0.15, -0.1) is 11.8 Å². The zero-order valence-electron chi connectivity index (χ0n) is 7.96. The maximum Gasteiger partial charge on any atom is 0.155 e. The van der Waals surface area contributed by atoms with Crippen LogP contribution >= 0.6 is 23.4 Å². The summed E-state index contributed by atoms with van der Waals surface area (Å²) in [6.07, 6.45) is 2.31. The summed E-state index contributed by atoms with van der Waals surface area (Å²) < 4.78 is 0. The molecular formula is C10H11ClN2S. The first-order valence-corrected chi connectivity index (χ1v) is 5.83. The first-order valence-electron chi connectivity index (χ1n) is 4.47. The van der Waals surface area contributed by atoms with E-state index in [9.17, 15) is 0 Å². The van der Waals surface area contributed by atoms with E-state index in [2.05, 4.69) is 11.9 Å². The predicted molar refractivity (Wildman–Crippen MR) is 59.6 cm³/mol. The van der Waals surface area contributed by atoms with Crippen molar-refractivity contribution in [3.63, 3.8) is 0 Å². The summed E-state index contributed by atoms with van der Waals surface area (Å²) in [5.41, 5.74) is 0.429. The van der Waals surface area contributed by atoms with Crippen LogP contribution in [0.3, 0.4) is 0 Å². The molecule has 0 aliphatic carbocycles. The highest BCUT2D eigenvalue weighted by molar-refractivity contribution is 7.99. The number of aromatic nitrogens is 1. The van der Waals surface area contributed by atoms with E-state index in [4.69, 9.17) is 16.9 Å². The van der Waals surface area contributed by atoms with Crippen LogP contribution in [0.2, 0.25) is 5.15 Å². The highest BCUT2D eigenvalue weighted by atomic mass is 35.5. The third-order valence-electron chi connectivity index (χ3n) is 1.69. The lowest BCUT2D eigenvalue weighted by Crippen LogP contribution is -1.88. The Balaban J connectivity index is 2.72. The SMILES string of the molecule is CCCCSc1ccc(Cl)nc1C#N. The lowest BCUT2D eigenvalue weighted by atomic mass is 10.4. The molecule has 0 N–H and O–H groups in total. The molecule has 0 saturated carbocycles. The first kappa shape index (κ1) is 11.4. The molecule has 0 saturated heterocycles. The lowest BCUT2D eigenvalue weighted by molar-refractivity contribution is 0.896. The Morgan fingerprint density at radius 3 is 3.00 bits per heavy atom. The Labute approximate surface area is 93.3 Å². The Hall–Kier alpha value is -0.720. The molecule has 0 unspecified atom stereocenters. The van der Waals surface area contributed by atoms with Crippen molar-refractivity contribution in [2.24, 2.45) is 0 Å². The van der Waals surface area contributed by atoms with E-state index < -0.39 is 0 Å². The molecule has 14 heavy (non-hydrogen) atoms. The van der Waals surface area contributed by atoms with Crippen LogP contribution < -0.4 is 0 Å². The molecule has 74 valence electrons. The van der Waals surface area contributed by atoms with Gasteiger partial charge in [-0.1, -0.05) is 24.9 Å². The summed E-state index contributed by atoms with van der Waals surface area (Å²) in [6, 6.07) is 5.62. The van der Waals surface area contributed by atoms with Crippen molar-refractivity contribution in [1.29, 1.82) is 5.26 Å². The minimum Gasteiger partial charge on any atom is -0.224 e. The van der Waals surface area contributed by atoms with E-state index >= 15 is 0 Å². The maximum atomic E-state index is 8.81. The molecule has 1 aromatic rings. The van der Waals surface area contributed by atoms with Crippen LogP contribution in [-0.2, 0) is 0 Å². The van der Waals surface area contributed by atoms with Crippen molar-refractivity contribution in [2.75, 3.05) is 5.75 Å². The van der Waals surface area contributed by atoms with Crippen LogP contribution in [0, 0.1) is 11.3 Å². The van der Waals surface area contributed by atoms with Crippen molar-refractivity contribution < 1.29 is 0 Å². The zero-order chi connectivity index (χ0) is 10.4. The van der Waals surface area contributed by atoms with Gasteiger partial charge in [-0.2, -0.15) is 5.26 Å². The molecule has 0 aliphatic rings. The van der Waals surface area contributed by atoms with E-state index in [1.54, 1.807) is 17.8 Å².